The molecule has 1 aliphatic heterocycles. The van der Waals surface area contributed by atoms with Crippen molar-refractivity contribution in [2.75, 3.05) is 26.2 Å². The number of benzene rings is 2. The van der Waals surface area contributed by atoms with E-state index in [4.69, 9.17) is 9.47 Å². The molecule has 1 N–H and O–H groups in total. The third-order valence-corrected chi connectivity index (χ3v) is 6.68. The number of nitrogens with one attached hydrogen (secondary N) is 1. The van der Waals surface area contributed by atoms with Gasteiger partial charge in [0.2, 0.25) is 10.0 Å². The predicted octanol–water partition coefficient (Wildman–Crippen LogP) is 2.71. The molecule has 1 saturated heterocycles. The fourth-order valence-electron chi connectivity index (χ4n) is 3.11. The van der Waals surface area contributed by atoms with Gasteiger partial charge in [0.25, 0.3) is 5.91 Å². The topological polar surface area (TPSA) is 84.9 Å². The first-order chi connectivity index (χ1) is 13.9. The third-order valence-electron chi connectivity index (χ3n) is 4.72. The van der Waals surface area contributed by atoms with Crippen LogP contribution >= 0.6 is 0 Å². The lowest BCUT2D eigenvalue weighted by Gasteiger charge is -2.17. The van der Waals surface area contributed by atoms with Crippen molar-refractivity contribution in [3.8, 4) is 17.2 Å². The van der Waals surface area contributed by atoms with Gasteiger partial charge in [0, 0.05) is 19.6 Å². The molecule has 7 nitrogen and oxygen atoms in total. The Labute approximate surface area is 171 Å². The molecule has 1 heterocycles. The van der Waals surface area contributed by atoms with Crippen LogP contribution in [0.25, 0.3) is 0 Å². The molecule has 0 spiro atoms. The normalized spacial score (nSPS) is 16.6. The minimum atomic E-state index is -3.38. The summed E-state index contributed by atoms with van der Waals surface area (Å²) in [6.07, 6.45) is 0.437. The zero-order valence-electron chi connectivity index (χ0n) is 16.6. The van der Waals surface area contributed by atoms with Crippen molar-refractivity contribution in [2.24, 2.45) is 0 Å². The Morgan fingerprint density at radius 1 is 1.07 bits per heavy atom. The van der Waals surface area contributed by atoms with Crippen molar-refractivity contribution in [1.82, 2.24) is 9.62 Å². The van der Waals surface area contributed by atoms with E-state index in [1.165, 1.54) is 4.90 Å². The highest BCUT2D eigenvalue weighted by atomic mass is 32.2. The summed E-state index contributed by atoms with van der Waals surface area (Å²) in [5, 5.41) is -0.565. The first kappa shape index (κ1) is 21.1. The first-order valence-electron chi connectivity index (χ1n) is 9.61. The van der Waals surface area contributed by atoms with Crippen molar-refractivity contribution >= 4 is 15.9 Å². The number of ether oxygens (including phenoxy) is 2. The van der Waals surface area contributed by atoms with Crippen molar-refractivity contribution in [3.05, 3.63) is 54.1 Å². The monoisotopic (exact) mass is 418 g/mol. The van der Waals surface area contributed by atoms with E-state index in [2.05, 4.69) is 4.72 Å². The Balaban J connectivity index is 1.48. The van der Waals surface area contributed by atoms with Gasteiger partial charge in [-0.3, -0.25) is 4.79 Å². The number of aryl methyl sites for hydroxylation is 1. The lowest BCUT2D eigenvalue weighted by Crippen LogP contribution is -2.38. The summed E-state index contributed by atoms with van der Waals surface area (Å²) in [6.45, 7) is 4.58. The summed E-state index contributed by atoms with van der Waals surface area (Å²) in [4.78, 5) is 13.9. The van der Waals surface area contributed by atoms with Gasteiger partial charge in [0.1, 0.15) is 17.2 Å². The van der Waals surface area contributed by atoms with Gasteiger partial charge in [-0.15, -0.1) is 0 Å². The Bertz CT molecular complexity index is 927. The molecule has 1 unspecified atom stereocenters. The standard InChI is InChI=1S/C21H26N2O5S/c1-3-22-29(25,26)20-12-13-23(14-20)21(24)15-27-17-8-10-19(11-9-17)28-18-6-4-16(2)5-7-18/h4-11,20,22H,3,12-15H2,1-2H3. The number of carbonyl (C=O) groups is 1. The average Bonchev–Trinajstić information content (AvgIpc) is 3.20. The van der Waals surface area contributed by atoms with Crippen LogP contribution < -0.4 is 14.2 Å². The Morgan fingerprint density at radius 3 is 2.28 bits per heavy atom. The van der Waals surface area contributed by atoms with Crippen molar-refractivity contribution in [2.45, 2.75) is 25.5 Å². The summed E-state index contributed by atoms with van der Waals surface area (Å²) in [5.41, 5.74) is 1.16. The van der Waals surface area contributed by atoms with Gasteiger partial charge >= 0.3 is 0 Å². The quantitative estimate of drug-likeness (QED) is 0.713. The molecule has 156 valence electrons. The summed E-state index contributed by atoms with van der Waals surface area (Å²) in [5.74, 6) is 1.74. The van der Waals surface area contributed by atoms with E-state index in [1.54, 1.807) is 31.2 Å². The summed E-state index contributed by atoms with van der Waals surface area (Å²) in [7, 11) is -3.38. The van der Waals surface area contributed by atoms with Crippen LogP contribution in [-0.2, 0) is 14.8 Å². The van der Waals surface area contributed by atoms with E-state index in [1.807, 2.05) is 31.2 Å². The maximum atomic E-state index is 12.3. The van der Waals surface area contributed by atoms with E-state index in [0.717, 1.165) is 11.3 Å². The highest BCUT2D eigenvalue weighted by Crippen LogP contribution is 2.24. The summed E-state index contributed by atoms with van der Waals surface area (Å²) in [6, 6.07) is 14.8. The van der Waals surface area contributed by atoms with E-state index >= 15 is 0 Å². The summed E-state index contributed by atoms with van der Waals surface area (Å²) < 4.78 is 38.0. The lowest BCUT2D eigenvalue weighted by molar-refractivity contribution is -0.132. The molecule has 2 aromatic rings. The van der Waals surface area contributed by atoms with Gasteiger partial charge in [-0.2, -0.15) is 0 Å². The number of nitrogens with zero attached hydrogens (tertiary/aromatic N) is 1. The largest absolute Gasteiger partial charge is 0.484 e. The third kappa shape index (κ3) is 5.71. The number of hydrogen-bond acceptors (Lipinski definition) is 5. The number of carbonyl (C=O) groups excluding carboxylic acids is 1. The van der Waals surface area contributed by atoms with Crippen LogP contribution in [0.3, 0.4) is 0 Å². The Kier molecular flexibility index (Phi) is 6.76. The van der Waals surface area contributed by atoms with E-state index in [0.29, 0.717) is 31.0 Å². The number of sulfonamides is 1. The minimum absolute atomic E-state index is 0.133. The molecule has 0 saturated carbocycles. The van der Waals surface area contributed by atoms with Crippen molar-refractivity contribution in [3.63, 3.8) is 0 Å². The van der Waals surface area contributed by atoms with Crippen molar-refractivity contribution in [1.29, 1.82) is 0 Å². The number of amides is 1. The van der Waals surface area contributed by atoms with Gasteiger partial charge in [-0.1, -0.05) is 24.6 Å². The second-order valence-corrected chi connectivity index (χ2v) is 9.01. The second kappa shape index (κ2) is 9.28. The van der Waals surface area contributed by atoms with E-state index in [9.17, 15) is 13.2 Å². The van der Waals surface area contributed by atoms with Crippen LogP contribution in [0.15, 0.2) is 48.5 Å². The second-order valence-electron chi connectivity index (χ2n) is 6.97. The molecule has 0 bridgehead atoms. The van der Waals surface area contributed by atoms with Gasteiger partial charge in [-0.25, -0.2) is 13.1 Å². The van der Waals surface area contributed by atoms with Crippen LogP contribution in [0.1, 0.15) is 18.9 Å². The lowest BCUT2D eigenvalue weighted by atomic mass is 10.2. The zero-order chi connectivity index (χ0) is 20.9. The fraction of sp³-hybridized carbons (Fsp3) is 0.381. The highest BCUT2D eigenvalue weighted by molar-refractivity contribution is 7.90. The predicted molar refractivity (Wildman–Crippen MR) is 111 cm³/mol. The molecule has 0 radical (unpaired) electrons. The maximum Gasteiger partial charge on any atom is 0.260 e. The smallest absolute Gasteiger partial charge is 0.260 e. The molecule has 1 atom stereocenters. The van der Waals surface area contributed by atoms with Crippen LogP contribution in [0, 0.1) is 6.92 Å². The molecule has 8 heteroatoms. The molecule has 0 aromatic heterocycles. The highest BCUT2D eigenvalue weighted by Gasteiger charge is 2.34. The fourth-order valence-corrected chi connectivity index (χ4v) is 4.54. The molecule has 1 aliphatic rings. The van der Waals surface area contributed by atoms with E-state index in [-0.39, 0.29) is 19.1 Å². The van der Waals surface area contributed by atoms with E-state index < -0.39 is 15.3 Å². The SMILES string of the molecule is CCNS(=O)(=O)C1CCN(C(=O)COc2ccc(Oc3ccc(C)cc3)cc2)C1. The van der Waals surface area contributed by atoms with Crippen LogP contribution in [0.4, 0.5) is 0 Å². The van der Waals surface area contributed by atoms with Gasteiger partial charge < -0.3 is 14.4 Å². The van der Waals surface area contributed by atoms with Gasteiger partial charge in [0.05, 0.1) is 5.25 Å². The summed E-state index contributed by atoms with van der Waals surface area (Å²) >= 11 is 0. The van der Waals surface area contributed by atoms with Gasteiger partial charge in [0.15, 0.2) is 6.61 Å². The van der Waals surface area contributed by atoms with Crippen LogP contribution in [0.2, 0.25) is 0 Å². The molecule has 29 heavy (non-hydrogen) atoms. The number of hydrogen-bond donors (Lipinski definition) is 1. The van der Waals surface area contributed by atoms with Crippen molar-refractivity contribution < 1.29 is 22.7 Å². The molecule has 0 aliphatic carbocycles. The molecular weight excluding hydrogens is 392 g/mol. The number of likely N-dealkylation sites (tertiary alicyclic amines) is 1. The van der Waals surface area contributed by atoms with Crippen LogP contribution in [0.5, 0.6) is 17.2 Å². The molecule has 3 rings (SSSR count). The Morgan fingerprint density at radius 2 is 1.66 bits per heavy atom. The molecule has 1 amide bonds. The first-order valence-corrected chi connectivity index (χ1v) is 11.2. The molecular formula is C21H26N2O5S. The van der Waals surface area contributed by atoms with Gasteiger partial charge in [-0.05, 0) is 49.7 Å². The average molecular weight is 419 g/mol. The van der Waals surface area contributed by atoms with Crippen LogP contribution in [-0.4, -0.2) is 50.7 Å². The zero-order valence-corrected chi connectivity index (χ0v) is 17.4. The minimum Gasteiger partial charge on any atom is -0.484 e. The molecule has 2 aromatic carbocycles. The Hall–Kier alpha value is -2.58. The number of rotatable bonds is 8. The molecule has 1 fully saturated rings. The maximum absolute atomic E-state index is 12.3.